The SMILES string of the molecule is C=C/C(C)=C(\C1CC1)N(CCC(C)OC(C)(C)OC(C)CC=O)Cc1ccc(F)cc1. The van der Waals surface area contributed by atoms with Crippen molar-refractivity contribution in [3.8, 4) is 0 Å². The van der Waals surface area contributed by atoms with Crippen molar-refractivity contribution >= 4 is 6.29 Å². The van der Waals surface area contributed by atoms with Gasteiger partial charge in [0.25, 0.3) is 0 Å². The van der Waals surface area contributed by atoms with E-state index in [1.807, 2.05) is 45.9 Å². The van der Waals surface area contributed by atoms with Crippen LogP contribution in [0.5, 0.6) is 0 Å². The summed E-state index contributed by atoms with van der Waals surface area (Å²) in [5.74, 6) is -0.419. The number of carbonyl (C=O) groups excluding carboxylic acids is 1. The first-order valence-electron chi connectivity index (χ1n) is 11.3. The number of hydrogen-bond donors (Lipinski definition) is 0. The average Bonchev–Trinajstić information content (AvgIpc) is 3.51. The second-order valence-corrected chi connectivity index (χ2v) is 9.04. The minimum absolute atomic E-state index is 0.0290. The number of carbonyl (C=O) groups is 1. The maximum absolute atomic E-state index is 13.4. The Morgan fingerprint density at radius 1 is 1.23 bits per heavy atom. The van der Waals surface area contributed by atoms with E-state index in [0.717, 1.165) is 31.4 Å². The first-order chi connectivity index (χ1) is 14.6. The topological polar surface area (TPSA) is 38.8 Å². The van der Waals surface area contributed by atoms with Crippen LogP contribution in [0, 0.1) is 11.7 Å². The maximum Gasteiger partial charge on any atom is 0.163 e. The van der Waals surface area contributed by atoms with Gasteiger partial charge in [0, 0.05) is 25.2 Å². The van der Waals surface area contributed by atoms with Crippen LogP contribution in [0.1, 0.15) is 65.9 Å². The normalized spacial score (nSPS) is 17.0. The Kier molecular flexibility index (Phi) is 9.45. The van der Waals surface area contributed by atoms with Gasteiger partial charge in [0.05, 0.1) is 12.2 Å². The van der Waals surface area contributed by atoms with Gasteiger partial charge in [-0.15, -0.1) is 0 Å². The van der Waals surface area contributed by atoms with Crippen molar-refractivity contribution in [2.45, 2.75) is 84.8 Å². The lowest BCUT2D eigenvalue weighted by Gasteiger charge is -2.34. The molecule has 0 N–H and O–H groups in total. The number of rotatable bonds is 14. The number of aldehydes is 1. The van der Waals surface area contributed by atoms with Crippen molar-refractivity contribution in [1.82, 2.24) is 4.90 Å². The molecule has 1 aliphatic carbocycles. The maximum atomic E-state index is 13.4. The lowest BCUT2D eigenvalue weighted by atomic mass is 10.1. The van der Waals surface area contributed by atoms with Crippen LogP contribution >= 0.6 is 0 Å². The van der Waals surface area contributed by atoms with E-state index in [-0.39, 0.29) is 18.0 Å². The predicted molar refractivity (Wildman–Crippen MR) is 123 cm³/mol. The molecule has 0 radical (unpaired) electrons. The molecule has 4 nitrogen and oxygen atoms in total. The first-order valence-corrected chi connectivity index (χ1v) is 11.3. The van der Waals surface area contributed by atoms with Crippen LogP contribution < -0.4 is 0 Å². The summed E-state index contributed by atoms with van der Waals surface area (Å²) in [5.41, 5.74) is 3.61. The van der Waals surface area contributed by atoms with Crippen LogP contribution in [-0.4, -0.2) is 35.7 Å². The quantitative estimate of drug-likeness (QED) is 0.205. The molecule has 0 spiro atoms. The zero-order valence-corrected chi connectivity index (χ0v) is 19.7. The number of hydrogen-bond acceptors (Lipinski definition) is 4. The molecule has 2 atom stereocenters. The van der Waals surface area contributed by atoms with Gasteiger partial charge in [0.15, 0.2) is 5.79 Å². The number of halogens is 1. The van der Waals surface area contributed by atoms with E-state index < -0.39 is 5.79 Å². The molecule has 1 aliphatic rings. The van der Waals surface area contributed by atoms with E-state index in [1.165, 1.54) is 36.2 Å². The number of benzene rings is 1. The Hall–Kier alpha value is -1.98. The van der Waals surface area contributed by atoms with E-state index in [0.29, 0.717) is 12.3 Å². The summed E-state index contributed by atoms with van der Waals surface area (Å²) >= 11 is 0. The van der Waals surface area contributed by atoms with Crippen LogP contribution in [0.3, 0.4) is 0 Å². The third kappa shape index (κ3) is 8.58. The fourth-order valence-corrected chi connectivity index (χ4v) is 3.96. The largest absolute Gasteiger partial charge is 0.370 e. The van der Waals surface area contributed by atoms with Crippen LogP contribution in [0.2, 0.25) is 0 Å². The summed E-state index contributed by atoms with van der Waals surface area (Å²) in [4.78, 5) is 13.1. The highest BCUT2D eigenvalue weighted by molar-refractivity contribution is 5.49. The molecular weight excluding hydrogens is 393 g/mol. The van der Waals surface area contributed by atoms with Gasteiger partial charge >= 0.3 is 0 Å². The third-order valence-electron chi connectivity index (χ3n) is 5.51. The molecule has 2 unspecified atom stereocenters. The van der Waals surface area contributed by atoms with Crippen molar-refractivity contribution in [2.75, 3.05) is 6.54 Å². The summed E-state index contributed by atoms with van der Waals surface area (Å²) in [7, 11) is 0. The average molecular weight is 432 g/mol. The zero-order chi connectivity index (χ0) is 23.0. The fourth-order valence-electron chi connectivity index (χ4n) is 3.96. The summed E-state index contributed by atoms with van der Waals surface area (Å²) in [5, 5.41) is 0. The molecule has 0 bridgehead atoms. The molecule has 1 fully saturated rings. The third-order valence-corrected chi connectivity index (χ3v) is 5.51. The second-order valence-electron chi connectivity index (χ2n) is 9.04. The first kappa shape index (κ1) is 25.3. The van der Waals surface area contributed by atoms with Crippen LogP contribution in [0.4, 0.5) is 4.39 Å². The van der Waals surface area contributed by atoms with Gasteiger partial charge in [-0.1, -0.05) is 24.8 Å². The molecule has 0 heterocycles. The van der Waals surface area contributed by atoms with E-state index in [4.69, 9.17) is 9.47 Å². The summed E-state index contributed by atoms with van der Waals surface area (Å²) in [6, 6.07) is 6.73. The number of nitrogens with zero attached hydrogens (tertiary/aromatic N) is 1. The Labute approximate surface area is 187 Å². The summed E-state index contributed by atoms with van der Waals surface area (Å²) in [6.07, 6.45) is 6.14. The molecule has 2 rings (SSSR count). The Morgan fingerprint density at radius 3 is 2.39 bits per heavy atom. The van der Waals surface area contributed by atoms with Crippen LogP contribution in [0.15, 0.2) is 48.2 Å². The monoisotopic (exact) mass is 431 g/mol. The fraction of sp³-hybridized carbons (Fsp3) is 0.577. The molecule has 1 aromatic carbocycles. The van der Waals surface area contributed by atoms with E-state index in [2.05, 4.69) is 18.4 Å². The smallest absolute Gasteiger partial charge is 0.163 e. The molecule has 31 heavy (non-hydrogen) atoms. The van der Waals surface area contributed by atoms with Gasteiger partial charge < -0.3 is 19.2 Å². The minimum Gasteiger partial charge on any atom is -0.370 e. The standard InChI is InChI=1S/C26H38FNO3/c1-7-19(2)25(23-10-11-23)28(18-22-8-12-24(27)13-9-22)16-14-20(3)30-26(5,6)31-21(4)15-17-29/h7-9,12-13,17,20-21,23H,1,10-11,14-16,18H2,2-6H3/b25-19+. The van der Waals surface area contributed by atoms with Gasteiger partial charge in [-0.05, 0) is 83.1 Å². The zero-order valence-electron chi connectivity index (χ0n) is 19.7. The molecule has 0 saturated heterocycles. The highest BCUT2D eigenvalue weighted by Crippen LogP contribution is 2.40. The van der Waals surface area contributed by atoms with Gasteiger partial charge in [-0.3, -0.25) is 0 Å². The summed E-state index contributed by atoms with van der Waals surface area (Å²) in [6.45, 7) is 15.3. The van der Waals surface area contributed by atoms with Crippen molar-refractivity contribution in [1.29, 1.82) is 0 Å². The number of allylic oxidation sites excluding steroid dienone is 3. The molecule has 172 valence electrons. The molecule has 0 amide bonds. The highest BCUT2D eigenvalue weighted by Gasteiger charge is 2.31. The molecule has 5 heteroatoms. The Bertz CT molecular complexity index is 752. The van der Waals surface area contributed by atoms with Crippen molar-refractivity contribution < 1.29 is 18.7 Å². The predicted octanol–water partition coefficient (Wildman–Crippen LogP) is 6.02. The molecule has 0 aromatic heterocycles. The Morgan fingerprint density at radius 2 is 1.84 bits per heavy atom. The van der Waals surface area contributed by atoms with Gasteiger partial charge in [0.2, 0.25) is 0 Å². The van der Waals surface area contributed by atoms with Crippen molar-refractivity contribution in [3.63, 3.8) is 0 Å². The van der Waals surface area contributed by atoms with Gasteiger partial charge in [-0.25, -0.2) is 4.39 Å². The second kappa shape index (κ2) is 11.6. The minimum atomic E-state index is -0.768. The van der Waals surface area contributed by atoms with Crippen molar-refractivity contribution in [2.24, 2.45) is 5.92 Å². The van der Waals surface area contributed by atoms with E-state index in [9.17, 15) is 9.18 Å². The van der Waals surface area contributed by atoms with Gasteiger partial charge in [0.1, 0.15) is 12.1 Å². The lowest BCUT2D eigenvalue weighted by molar-refractivity contribution is -0.252. The van der Waals surface area contributed by atoms with Gasteiger partial charge in [-0.2, -0.15) is 0 Å². The molecule has 1 aromatic rings. The summed E-state index contributed by atoms with van der Waals surface area (Å²) < 4.78 is 25.4. The molecule has 1 saturated carbocycles. The van der Waals surface area contributed by atoms with Crippen LogP contribution in [-0.2, 0) is 20.8 Å². The van der Waals surface area contributed by atoms with E-state index in [1.54, 1.807) is 0 Å². The van der Waals surface area contributed by atoms with Crippen molar-refractivity contribution in [3.05, 3.63) is 59.6 Å². The molecular formula is C26H38FNO3. The lowest BCUT2D eigenvalue weighted by Crippen LogP contribution is -2.37. The highest BCUT2D eigenvalue weighted by atomic mass is 19.1. The van der Waals surface area contributed by atoms with Crippen LogP contribution in [0.25, 0.3) is 0 Å². The number of ether oxygens (including phenoxy) is 2. The molecule has 0 aliphatic heterocycles. The van der Waals surface area contributed by atoms with E-state index >= 15 is 0 Å². The Balaban J connectivity index is 2.07.